The molecule has 1 N–H and O–H groups in total. The third kappa shape index (κ3) is 3.19. The molecule has 4 heteroatoms. The van der Waals surface area contributed by atoms with Crippen molar-refractivity contribution in [2.45, 2.75) is 6.92 Å². The van der Waals surface area contributed by atoms with Crippen molar-refractivity contribution in [1.82, 2.24) is 0 Å². The first-order chi connectivity index (χ1) is 9.66. The van der Waals surface area contributed by atoms with Crippen LogP contribution in [0.5, 0.6) is 0 Å². The Morgan fingerprint density at radius 1 is 1.05 bits per heavy atom. The molecule has 2 aromatic rings. The van der Waals surface area contributed by atoms with Crippen LogP contribution < -0.4 is 10.6 Å². The van der Waals surface area contributed by atoms with E-state index in [4.69, 9.17) is 4.74 Å². The standard InChI is InChI=1S/C16H17O3P/c1-2-19-16(17)13-20(18,14-9-5-3-6-10-14)15-11-7-4-8-12-15/h3-13,18H,2H2,1H3. The topological polar surface area (TPSA) is 46.5 Å². The summed E-state index contributed by atoms with van der Waals surface area (Å²) in [4.78, 5) is 22.9. The van der Waals surface area contributed by atoms with Crippen LogP contribution in [0.3, 0.4) is 0 Å². The lowest BCUT2D eigenvalue weighted by Gasteiger charge is -2.20. The van der Waals surface area contributed by atoms with E-state index >= 15 is 0 Å². The molecule has 3 nitrogen and oxygen atoms in total. The predicted octanol–water partition coefficient (Wildman–Crippen LogP) is 1.93. The number of esters is 1. The molecule has 20 heavy (non-hydrogen) atoms. The van der Waals surface area contributed by atoms with Gasteiger partial charge in [-0.2, -0.15) is 0 Å². The van der Waals surface area contributed by atoms with Gasteiger partial charge >= 0.3 is 5.97 Å². The Hall–Kier alpha value is -1.83. The summed E-state index contributed by atoms with van der Waals surface area (Å²) < 4.78 is 4.95. The van der Waals surface area contributed by atoms with Crippen molar-refractivity contribution in [3.63, 3.8) is 0 Å². The normalized spacial score (nSPS) is 10.9. The molecule has 0 aliphatic heterocycles. The van der Waals surface area contributed by atoms with Gasteiger partial charge in [-0.05, 0) is 6.92 Å². The zero-order chi connectivity index (χ0) is 14.4. The van der Waals surface area contributed by atoms with Gasteiger partial charge in [-0.3, -0.25) is 0 Å². The van der Waals surface area contributed by atoms with E-state index in [-0.39, 0.29) is 0 Å². The van der Waals surface area contributed by atoms with Crippen molar-refractivity contribution in [2.75, 3.05) is 6.61 Å². The minimum atomic E-state index is -2.86. The zero-order valence-electron chi connectivity index (χ0n) is 11.3. The van der Waals surface area contributed by atoms with E-state index in [0.717, 1.165) is 10.6 Å². The highest BCUT2D eigenvalue weighted by atomic mass is 31.2. The molecule has 0 atom stereocenters. The van der Waals surface area contributed by atoms with Crippen LogP contribution in [0.4, 0.5) is 0 Å². The number of hydrogen-bond donors (Lipinski definition) is 1. The molecular weight excluding hydrogens is 271 g/mol. The van der Waals surface area contributed by atoms with Crippen LogP contribution in [-0.4, -0.2) is 23.3 Å². The highest BCUT2D eigenvalue weighted by molar-refractivity contribution is 7.84. The monoisotopic (exact) mass is 288 g/mol. The first-order valence-electron chi connectivity index (χ1n) is 6.42. The molecule has 0 aromatic heterocycles. The van der Waals surface area contributed by atoms with Gasteiger partial charge in [-0.25, -0.2) is 4.79 Å². The summed E-state index contributed by atoms with van der Waals surface area (Å²) in [6.45, 7) is 2.03. The van der Waals surface area contributed by atoms with E-state index < -0.39 is 13.1 Å². The molecule has 0 spiro atoms. The number of ether oxygens (including phenoxy) is 1. The Bertz CT molecular complexity index is 577. The van der Waals surface area contributed by atoms with E-state index in [1.807, 2.05) is 60.7 Å². The third-order valence-corrected chi connectivity index (χ3v) is 5.63. The molecule has 0 fully saturated rings. The van der Waals surface area contributed by atoms with Crippen LogP contribution in [0.1, 0.15) is 6.92 Å². The Labute approximate surface area is 118 Å². The first-order valence-corrected chi connectivity index (χ1v) is 8.23. The average molecular weight is 288 g/mol. The lowest BCUT2D eigenvalue weighted by Crippen LogP contribution is -2.20. The first kappa shape index (κ1) is 14.6. The molecule has 0 saturated carbocycles. The van der Waals surface area contributed by atoms with Gasteiger partial charge in [0.1, 0.15) is 0 Å². The van der Waals surface area contributed by atoms with Gasteiger partial charge in [0.25, 0.3) is 0 Å². The van der Waals surface area contributed by atoms with Gasteiger partial charge in [-0.1, -0.05) is 60.7 Å². The van der Waals surface area contributed by atoms with E-state index in [2.05, 4.69) is 0 Å². The van der Waals surface area contributed by atoms with Crippen molar-refractivity contribution in [2.24, 2.45) is 0 Å². The quantitative estimate of drug-likeness (QED) is 0.691. The molecule has 2 rings (SSSR count). The number of rotatable bonds is 4. The lowest BCUT2D eigenvalue weighted by atomic mass is 10.4. The SMILES string of the molecule is CCOC(=O)C=P(O)(c1ccccc1)c1ccccc1. The van der Waals surface area contributed by atoms with E-state index in [1.54, 1.807) is 6.92 Å². The molecule has 0 amide bonds. The van der Waals surface area contributed by atoms with Gasteiger partial charge in [0.2, 0.25) is 0 Å². The smallest absolute Gasteiger partial charge is 0.333 e. The van der Waals surface area contributed by atoms with Crippen LogP contribution in [0.15, 0.2) is 60.7 Å². The Morgan fingerprint density at radius 2 is 1.50 bits per heavy atom. The molecule has 0 aliphatic rings. The van der Waals surface area contributed by atoms with Gasteiger partial charge < -0.3 is 9.63 Å². The minimum Gasteiger partial charge on any atom is -0.463 e. The van der Waals surface area contributed by atoms with E-state index in [1.165, 1.54) is 5.80 Å². The zero-order valence-corrected chi connectivity index (χ0v) is 12.2. The van der Waals surface area contributed by atoms with Crippen LogP contribution in [0.2, 0.25) is 0 Å². The number of benzene rings is 2. The third-order valence-electron chi connectivity index (χ3n) is 2.88. The summed E-state index contributed by atoms with van der Waals surface area (Å²) in [7, 11) is -2.86. The van der Waals surface area contributed by atoms with Crippen molar-refractivity contribution in [1.29, 1.82) is 0 Å². The Morgan fingerprint density at radius 3 is 1.90 bits per heavy atom. The largest absolute Gasteiger partial charge is 0.463 e. The van der Waals surface area contributed by atoms with Crippen LogP contribution >= 0.6 is 7.11 Å². The fourth-order valence-corrected chi connectivity index (χ4v) is 4.17. The van der Waals surface area contributed by atoms with Gasteiger partial charge in [0, 0.05) is 10.6 Å². The van der Waals surface area contributed by atoms with Crippen molar-refractivity contribution in [3.05, 3.63) is 60.7 Å². The second-order valence-corrected chi connectivity index (χ2v) is 6.90. The maximum atomic E-state index is 11.8. The molecule has 0 saturated heterocycles. The van der Waals surface area contributed by atoms with E-state index in [9.17, 15) is 9.69 Å². The van der Waals surface area contributed by atoms with Crippen molar-refractivity contribution >= 4 is 29.5 Å². The molecule has 0 bridgehead atoms. The predicted molar refractivity (Wildman–Crippen MR) is 84.0 cm³/mol. The Balaban J connectivity index is 2.58. The molecule has 0 unspecified atom stereocenters. The molecule has 0 heterocycles. The minimum absolute atomic E-state index is 0.291. The highest BCUT2D eigenvalue weighted by Gasteiger charge is 2.21. The van der Waals surface area contributed by atoms with Gasteiger partial charge in [0.15, 0.2) is 0 Å². The fourth-order valence-electron chi connectivity index (χ4n) is 1.94. The average Bonchev–Trinajstić information content (AvgIpc) is 2.49. The van der Waals surface area contributed by atoms with Gasteiger partial charge in [-0.15, -0.1) is 0 Å². The van der Waals surface area contributed by atoms with Crippen molar-refractivity contribution < 1.29 is 14.4 Å². The molecular formula is C16H17O3P. The van der Waals surface area contributed by atoms with Crippen molar-refractivity contribution in [3.8, 4) is 0 Å². The number of carbonyl (C=O) groups is 1. The maximum Gasteiger partial charge on any atom is 0.333 e. The van der Waals surface area contributed by atoms with Crippen LogP contribution in [0, 0.1) is 0 Å². The Kier molecular flexibility index (Phi) is 4.78. The second kappa shape index (κ2) is 6.56. The molecule has 0 aliphatic carbocycles. The molecule has 0 radical (unpaired) electrons. The lowest BCUT2D eigenvalue weighted by molar-refractivity contribution is -0.134. The summed E-state index contributed by atoms with van der Waals surface area (Å²) in [5.74, 6) is 0.831. The summed E-state index contributed by atoms with van der Waals surface area (Å²) in [6.07, 6.45) is 0. The van der Waals surface area contributed by atoms with Crippen LogP contribution in [-0.2, 0) is 9.53 Å². The summed E-state index contributed by atoms with van der Waals surface area (Å²) in [5.41, 5.74) is 0. The summed E-state index contributed by atoms with van der Waals surface area (Å²) >= 11 is 0. The summed E-state index contributed by atoms with van der Waals surface area (Å²) in [6, 6.07) is 18.5. The highest BCUT2D eigenvalue weighted by Crippen LogP contribution is 2.39. The molecule has 104 valence electrons. The number of carbonyl (C=O) groups excluding carboxylic acids is 1. The fraction of sp³-hybridized carbons (Fsp3) is 0.125. The second-order valence-electron chi connectivity index (χ2n) is 4.24. The maximum absolute atomic E-state index is 11.8. The number of hydrogen-bond acceptors (Lipinski definition) is 3. The van der Waals surface area contributed by atoms with Crippen LogP contribution in [0.25, 0.3) is 0 Å². The summed E-state index contributed by atoms with van der Waals surface area (Å²) in [5, 5.41) is 1.47. The molecule has 2 aromatic carbocycles. The van der Waals surface area contributed by atoms with Gasteiger partial charge in [0.05, 0.1) is 19.5 Å². The van der Waals surface area contributed by atoms with E-state index in [0.29, 0.717) is 6.61 Å².